The Morgan fingerprint density at radius 2 is 2.19 bits per heavy atom. The summed E-state index contributed by atoms with van der Waals surface area (Å²) in [5.41, 5.74) is 7.00. The summed E-state index contributed by atoms with van der Waals surface area (Å²) in [6.07, 6.45) is 7.68. The van der Waals surface area contributed by atoms with Crippen molar-refractivity contribution in [3.63, 3.8) is 0 Å². The van der Waals surface area contributed by atoms with E-state index in [2.05, 4.69) is 25.9 Å². The number of anilines is 1. The third kappa shape index (κ3) is 3.16. The molecule has 0 aromatic carbocycles. The molecule has 5 nitrogen and oxygen atoms in total. The van der Waals surface area contributed by atoms with Crippen molar-refractivity contribution in [2.45, 2.75) is 57.7 Å². The van der Waals surface area contributed by atoms with E-state index in [-0.39, 0.29) is 17.6 Å². The molecular weight excluding hydrogens is 332 g/mol. The van der Waals surface area contributed by atoms with Crippen LogP contribution in [0.5, 0.6) is 0 Å². The predicted octanol–water partition coefficient (Wildman–Crippen LogP) is 2.12. The molecule has 1 aromatic rings. The van der Waals surface area contributed by atoms with Gasteiger partial charge in [-0.1, -0.05) is 0 Å². The van der Waals surface area contributed by atoms with Crippen LogP contribution in [0.3, 0.4) is 0 Å². The van der Waals surface area contributed by atoms with Gasteiger partial charge in [-0.2, -0.15) is 5.10 Å². The molecule has 21 heavy (non-hydrogen) atoms. The summed E-state index contributed by atoms with van der Waals surface area (Å²) >= 11 is 3.50. The molecule has 1 aliphatic carbocycles. The molecule has 2 heterocycles. The van der Waals surface area contributed by atoms with E-state index in [1.54, 1.807) is 4.68 Å². The van der Waals surface area contributed by atoms with Crippen molar-refractivity contribution in [1.29, 1.82) is 0 Å². The van der Waals surface area contributed by atoms with Gasteiger partial charge in [0.25, 0.3) is 5.56 Å². The van der Waals surface area contributed by atoms with Crippen molar-refractivity contribution in [2.24, 2.45) is 11.7 Å². The molecule has 6 heteroatoms. The van der Waals surface area contributed by atoms with Crippen molar-refractivity contribution in [3.8, 4) is 0 Å². The van der Waals surface area contributed by atoms with Gasteiger partial charge in [-0.3, -0.25) is 4.79 Å². The molecular formula is C15H23BrN4O. The third-order valence-electron chi connectivity index (χ3n) is 4.56. The molecule has 1 aromatic heterocycles. The Balaban J connectivity index is 1.90. The van der Waals surface area contributed by atoms with Gasteiger partial charge in [-0.15, -0.1) is 0 Å². The summed E-state index contributed by atoms with van der Waals surface area (Å²) < 4.78 is 2.22. The van der Waals surface area contributed by atoms with Crippen LogP contribution < -0.4 is 16.2 Å². The quantitative estimate of drug-likeness (QED) is 0.899. The molecule has 1 saturated heterocycles. The summed E-state index contributed by atoms with van der Waals surface area (Å²) in [4.78, 5) is 14.7. The van der Waals surface area contributed by atoms with Gasteiger partial charge in [-0.05, 0) is 60.9 Å². The molecule has 2 N–H and O–H groups in total. The normalized spacial score (nSPS) is 24.1. The molecule has 0 radical (unpaired) electrons. The highest BCUT2D eigenvalue weighted by molar-refractivity contribution is 9.10. The Kier molecular flexibility index (Phi) is 4.36. The molecule has 0 spiro atoms. The number of piperidine rings is 1. The summed E-state index contributed by atoms with van der Waals surface area (Å²) in [5.74, 6) is 0.639. The number of hydrogen-bond acceptors (Lipinski definition) is 4. The molecule has 2 fully saturated rings. The minimum atomic E-state index is -0.0200. The first-order valence-electron chi connectivity index (χ1n) is 7.85. The molecule has 1 aliphatic heterocycles. The second kappa shape index (κ2) is 6.08. The zero-order valence-electron chi connectivity index (χ0n) is 12.5. The largest absolute Gasteiger partial charge is 0.365 e. The SMILES string of the molecule is CC(N)C1CCCCN1c1cnn(CC2CC2)c(=O)c1Br. The monoisotopic (exact) mass is 354 g/mol. The number of nitrogens with two attached hydrogens (primary N) is 1. The van der Waals surface area contributed by atoms with Crippen LogP contribution in [0, 0.1) is 5.92 Å². The molecule has 2 atom stereocenters. The fourth-order valence-corrected chi connectivity index (χ4v) is 3.67. The Morgan fingerprint density at radius 3 is 2.86 bits per heavy atom. The number of rotatable bonds is 4. The highest BCUT2D eigenvalue weighted by Crippen LogP contribution is 2.32. The second-order valence-electron chi connectivity index (χ2n) is 6.39. The molecule has 0 amide bonds. The second-order valence-corrected chi connectivity index (χ2v) is 7.18. The maximum Gasteiger partial charge on any atom is 0.283 e. The number of nitrogens with zero attached hydrogens (tertiary/aromatic N) is 3. The van der Waals surface area contributed by atoms with Gasteiger partial charge in [-0.25, -0.2) is 4.68 Å². The van der Waals surface area contributed by atoms with Crippen molar-refractivity contribution in [1.82, 2.24) is 9.78 Å². The van der Waals surface area contributed by atoms with Gasteiger partial charge >= 0.3 is 0 Å². The highest BCUT2D eigenvalue weighted by atomic mass is 79.9. The standard InChI is InChI=1S/C15H23BrN4O/c1-10(17)12-4-2-3-7-19(12)13-8-18-20(9-11-5-6-11)15(21)14(13)16/h8,10-12H,2-7,9,17H2,1H3. The van der Waals surface area contributed by atoms with Crippen LogP contribution >= 0.6 is 15.9 Å². The lowest BCUT2D eigenvalue weighted by Gasteiger charge is -2.39. The molecule has 116 valence electrons. The van der Waals surface area contributed by atoms with E-state index < -0.39 is 0 Å². The summed E-state index contributed by atoms with van der Waals surface area (Å²) in [5, 5.41) is 4.38. The topological polar surface area (TPSA) is 64.2 Å². The fourth-order valence-electron chi connectivity index (χ4n) is 3.13. The minimum absolute atomic E-state index is 0.0200. The van der Waals surface area contributed by atoms with Gasteiger partial charge in [0.15, 0.2) is 0 Å². The average molecular weight is 355 g/mol. The molecule has 2 unspecified atom stereocenters. The lowest BCUT2D eigenvalue weighted by atomic mass is 9.96. The molecule has 3 rings (SSSR count). The van der Waals surface area contributed by atoms with Gasteiger partial charge in [0.2, 0.25) is 0 Å². The van der Waals surface area contributed by atoms with E-state index in [9.17, 15) is 4.79 Å². The van der Waals surface area contributed by atoms with E-state index in [4.69, 9.17) is 5.73 Å². The van der Waals surface area contributed by atoms with Crippen LogP contribution in [0.1, 0.15) is 39.0 Å². The van der Waals surface area contributed by atoms with Crippen molar-refractivity contribution >= 4 is 21.6 Å². The Hall–Kier alpha value is -0.880. The minimum Gasteiger partial charge on any atom is -0.365 e. The summed E-state index contributed by atoms with van der Waals surface area (Å²) in [6, 6.07) is 0.377. The van der Waals surface area contributed by atoms with Crippen molar-refractivity contribution in [2.75, 3.05) is 11.4 Å². The van der Waals surface area contributed by atoms with Crippen LogP contribution in [0.15, 0.2) is 15.5 Å². The Labute approximate surface area is 133 Å². The first-order chi connectivity index (χ1) is 10.1. The smallest absolute Gasteiger partial charge is 0.283 e. The van der Waals surface area contributed by atoms with Gasteiger partial charge in [0.05, 0.1) is 11.9 Å². The molecule has 2 aliphatic rings. The van der Waals surface area contributed by atoms with Crippen molar-refractivity contribution in [3.05, 3.63) is 21.0 Å². The van der Waals surface area contributed by atoms with E-state index in [0.717, 1.165) is 31.6 Å². The van der Waals surface area contributed by atoms with Crippen LogP contribution in [-0.4, -0.2) is 28.4 Å². The van der Waals surface area contributed by atoms with Gasteiger partial charge in [0, 0.05) is 25.2 Å². The first-order valence-corrected chi connectivity index (χ1v) is 8.65. The Morgan fingerprint density at radius 1 is 1.43 bits per heavy atom. The number of hydrogen-bond donors (Lipinski definition) is 1. The summed E-state index contributed by atoms with van der Waals surface area (Å²) in [7, 11) is 0. The number of aromatic nitrogens is 2. The van der Waals surface area contributed by atoms with Gasteiger partial charge in [0.1, 0.15) is 4.47 Å². The lowest BCUT2D eigenvalue weighted by molar-refractivity contribution is 0.411. The first kappa shape index (κ1) is 15.0. The highest BCUT2D eigenvalue weighted by Gasteiger charge is 2.29. The predicted molar refractivity (Wildman–Crippen MR) is 87.6 cm³/mol. The van der Waals surface area contributed by atoms with Crippen LogP contribution in [0.2, 0.25) is 0 Å². The molecule has 1 saturated carbocycles. The maximum absolute atomic E-state index is 12.5. The zero-order valence-corrected chi connectivity index (χ0v) is 14.1. The third-order valence-corrected chi connectivity index (χ3v) is 5.31. The molecule has 0 bridgehead atoms. The maximum atomic E-state index is 12.5. The average Bonchev–Trinajstić information content (AvgIpc) is 3.28. The number of halogens is 1. The lowest BCUT2D eigenvalue weighted by Crippen LogP contribution is -2.50. The Bertz CT molecular complexity index is 567. The van der Waals surface area contributed by atoms with E-state index in [1.807, 2.05) is 13.1 Å². The van der Waals surface area contributed by atoms with Crippen LogP contribution in [0.4, 0.5) is 5.69 Å². The van der Waals surface area contributed by atoms with Crippen molar-refractivity contribution < 1.29 is 0 Å². The fraction of sp³-hybridized carbons (Fsp3) is 0.733. The van der Waals surface area contributed by atoms with E-state index in [1.165, 1.54) is 19.3 Å². The van der Waals surface area contributed by atoms with Gasteiger partial charge < -0.3 is 10.6 Å². The summed E-state index contributed by atoms with van der Waals surface area (Å²) in [6.45, 7) is 3.73. The van der Waals surface area contributed by atoms with Crippen LogP contribution in [-0.2, 0) is 6.54 Å². The zero-order chi connectivity index (χ0) is 15.0. The van der Waals surface area contributed by atoms with E-state index >= 15 is 0 Å². The van der Waals surface area contributed by atoms with Crippen LogP contribution in [0.25, 0.3) is 0 Å². The van der Waals surface area contributed by atoms with E-state index in [0.29, 0.717) is 10.4 Å².